The lowest BCUT2D eigenvalue weighted by Gasteiger charge is -2.41. The van der Waals surface area contributed by atoms with Crippen molar-refractivity contribution in [1.82, 2.24) is 19.7 Å². The molecule has 0 radical (unpaired) electrons. The van der Waals surface area contributed by atoms with E-state index in [-0.39, 0.29) is 11.9 Å². The molecular weight excluding hydrogens is 340 g/mol. The number of pyridine rings is 1. The van der Waals surface area contributed by atoms with Gasteiger partial charge in [0.2, 0.25) is 0 Å². The number of benzene rings is 1. The lowest BCUT2D eigenvalue weighted by atomic mass is 10.1. The quantitative estimate of drug-likeness (QED) is 0.766. The summed E-state index contributed by atoms with van der Waals surface area (Å²) in [5.74, 6) is 0.00437. The van der Waals surface area contributed by atoms with Gasteiger partial charge < -0.3 is 15.5 Å². The van der Waals surface area contributed by atoms with E-state index in [1.165, 1.54) is 11.1 Å². The highest BCUT2D eigenvalue weighted by Gasteiger charge is 2.31. The Morgan fingerprint density at radius 3 is 2.89 bits per heavy atom. The molecule has 1 aliphatic rings. The van der Waals surface area contributed by atoms with Crippen molar-refractivity contribution < 1.29 is 4.79 Å². The van der Waals surface area contributed by atoms with Crippen LogP contribution in [0.15, 0.2) is 42.9 Å². The van der Waals surface area contributed by atoms with Gasteiger partial charge in [-0.25, -0.2) is 0 Å². The molecule has 0 spiro atoms. The average molecular weight is 364 g/mol. The van der Waals surface area contributed by atoms with Gasteiger partial charge in [-0.05, 0) is 19.1 Å². The van der Waals surface area contributed by atoms with Crippen molar-refractivity contribution in [3.63, 3.8) is 0 Å². The Bertz CT molecular complexity index is 976. The van der Waals surface area contributed by atoms with Gasteiger partial charge in [0, 0.05) is 73.7 Å². The number of aromatic nitrogens is 3. The molecule has 140 valence electrons. The van der Waals surface area contributed by atoms with Crippen molar-refractivity contribution >= 4 is 22.4 Å². The number of amides is 1. The molecule has 1 fully saturated rings. The number of carbonyl (C=O) groups excluding carboxylic acids is 1. The summed E-state index contributed by atoms with van der Waals surface area (Å²) in [7, 11) is 1.79. The summed E-state index contributed by atoms with van der Waals surface area (Å²) in [4.78, 5) is 21.6. The number of fused-ring (bicyclic) bond motifs is 1. The van der Waals surface area contributed by atoms with E-state index < -0.39 is 0 Å². The molecule has 1 unspecified atom stereocenters. The standard InChI is InChI=1S/C20H24N6O/c1-14-13-25(18-5-3-4-15-11-22-7-6-17(15)18)8-9-26(14)20(27)19-16(10-21)12-23-24(19)2/h3-7,11-12,14H,8-10,13,21H2,1-2H3. The molecule has 1 aromatic carbocycles. The van der Waals surface area contributed by atoms with Crippen LogP contribution in [0.3, 0.4) is 0 Å². The van der Waals surface area contributed by atoms with Crippen molar-refractivity contribution in [1.29, 1.82) is 0 Å². The highest BCUT2D eigenvalue weighted by Crippen LogP contribution is 2.28. The maximum Gasteiger partial charge on any atom is 0.272 e. The number of anilines is 1. The van der Waals surface area contributed by atoms with Crippen LogP contribution in [0.5, 0.6) is 0 Å². The third-order valence-corrected chi connectivity index (χ3v) is 5.32. The Balaban J connectivity index is 1.57. The van der Waals surface area contributed by atoms with Crippen LogP contribution in [0.25, 0.3) is 10.8 Å². The summed E-state index contributed by atoms with van der Waals surface area (Å²) in [6.45, 7) is 4.63. The fourth-order valence-electron chi connectivity index (χ4n) is 3.90. The van der Waals surface area contributed by atoms with Crippen molar-refractivity contribution in [2.24, 2.45) is 12.8 Å². The Morgan fingerprint density at radius 2 is 2.11 bits per heavy atom. The molecule has 3 heterocycles. The molecule has 1 amide bonds. The van der Waals surface area contributed by atoms with Gasteiger partial charge in [0.05, 0.1) is 6.20 Å². The second-order valence-corrected chi connectivity index (χ2v) is 7.01. The molecule has 0 aliphatic carbocycles. The van der Waals surface area contributed by atoms with Crippen molar-refractivity contribution in [3.05, 3.63) is 54.1 Å². The molecule has 0 bridgehead atoms. The lowest BCUT2D eigenvalue weighted by Crippen LogP contribution is -2.54. The van der Waals surface area contributed by atoms with E-state index in [1.54, 1.807) is 17.9 Å². The molecule has 1 atom stereocenters. The van der Waals surface area contributed by atoms with Gasteiger partial charge in [-0.3, -0.25) is 14.5 Å². The largest absolute Gasteiger partial charge is 0.367 e. The monoisotopic (exact) mass is 364 g/mol. The van der Waals surface area contributed by atoms with E-state index >= 15 is 0 Å². The molecule has 2 N–H and O–H groups in total. The topological polar surface area (TPSA) is 80.3 Å². The normalized spacial score (nSPS) is 17.5. The van der Waals surface area contributed by atoms with Crippen LogP contribution in [0.2, 0.25) is 0 Å². The maximum absolute atomic E-state index is 13.1. The molecular formula is C20H24N6O. The van der Waals surface area contributed by atoms with Gasteiger partial charge >= 0.3 is 0 Å². The predicted molar refractivity (Wildman–Crippen MR) is 106 cm³/mol. The Hall–Kier alpha value is -2.93. The first-order valence-corrected chi connectivity index (χ1v) is 9.19. The third kappa shape index (κ3) is 3.04. The lowest BCUT2D eigenvalue weighted by molar-refractivity contribution is 0.0661. The molecule has 1 aliphatic heterocycles. The molecule has 1 saturated heterocycles. The van der Waals surface area contributed by atoms with Crippen LogP contribution in [-0.4, -0.2) is 51.2 Å². The van der Waals surface area contributed by atoms with Crippen LogP contribution in [-0.2, 0) is 13.6 Å². The second kappa shape index (κ2) is 7.00. The van der Waals surface area contributed by atoms with Crippen molar-refractivity contribution in [2.45, 2.75) is 19.5 Å². The minimum Gasteiger partial charge on any atom is -0.367 e. The zero-order valence-electron chi connectivity index (χ0n) is 15.7. The second-order valence-electron chi connectivity index (χ2n) is 7.01. The fourth-order valence-corrected chi connectivity index (χ4v) is 3.90. The number of rotatable bonds is 3. The molecule has 2 aromatic heterocycles. The predicted octanol–water partition coefficient (Wildman–Crippen LogP) is 1.78. The smallest absolute Gasteiger partial charge is 0.272 e. The Morgan fingerprint density at radius 1 is 1.26 bits per heavy atom. The van der Waals surface area contributed by atoms with Crippen LogP contribution in [0.4, 0.5) is 5.69 Å². The van der Waals surface area contributed by atoms with Crippen molar-refractivity contribution in [2.75, 3.05) is 24.5 Å². The summed E-state index contributed by atoms with van der Waals surface area (Å²) in [5, 5.41) is 6.52. The van der Waals surface area contributed by atoms with E-state index in [9.17, 15) is 4.79 Å². The van der Waals surface area contributed by atoms with Gasteiger partial charge in [0.25, 0.3) is 5.91 Å². The number of piperazine rings is 1. The highest BCUT2D eigenvalue weighted by molar-refractivity contribution is 5.95. The maximum atomic E-state index is 13.1. The highest BCUT2D eigenvalue weighted by atomic mass is 16.2. The number of hydrogen-bond donors (Lipinski definition) is 1. The first kappa shape index (κ1) is 17.5. The summed E-state index contributed by atoms with van der Waals surface area (Å²) in [6.07, 6.45) is 5.39. The van der Waals surface area contributed by atoms with Gasteiger partial charge in [0.15, 0.2) is 0 Å². The van der Waals surface area contributed by atoms with Gasteiger partial charge in [-0.15, -0.1) is 0 Å². The Kier molecular flexibility index (Phi) is 4.53. The SMILES string of the molecule is CC1CN(c2cccc3cnccc23)CCN1C(=O)c1c(CN)cnn1C. The first-order chi connectivity index (χ1) is 13.1. The fraction of sp³-hybridized carbons (Fsp3) is 0.350. The van der Waals surface area contributed by atoms with Gasteiger partial charge in [0.1, 0.15) is 5.69 Å². The number of nitrogens with zero attached hydrogens (tertiary/aromatic N) is 5. The van der Waals surface area contributed by atoms with E-state index in [0.717, 1.165) is 24.0 Å². The number of aryl methyl sites for hydroxylation is 1. The van der Waals surface area contributed by atoms with Crippen molar-refractivity contribution in [3.8, 4) is 0 Å². The number of nitrogens with two attached hydrogens (primary N) is 1. The molecule has 0 saturated carbocycles. The van der Waals surface area contributed by atoms with Crippen LogP contribution < -0.4 is 10.6 Å². The summed E-state index contributed by atoms with van der Waals surface area (Å²) in [6, 6.07) is 8.41. The number of carbonyl (C=O) groups is 1. The molecule has 27 heavy (non-hydrogen) atoms. The minimum atomic E-state index is 0.00437. The molecule has 3 aromatic rings. The summed E-state index contributed by atoms with van der Waals surface area (Å²) in [5.41, 5.74) is 8.35. The van der Waals surface area contributed by atoms with Crippen LogP contribution >= 0.6 is 0 Å². The summed E-state index contributed by atoms with van der Waals surface area (Å²) >= 11 is 0. The van der Waals surface area contributed by atoms with Gasteiger partial charge in [-0.2, -0.15) is 5.10 Å². The average Bonchev–Trinajstić information content (AvgIpc) is 3.07. The zero-order valence-corrected chi connectivity index (χ0v) is 15.7. The van der Waals surface area contributed by atoms with Crippen LogP contribution in [0.1, 0.15) is 23.0 Å². The summed E-state index contributed by atoms with van der Waals surface area (Å²) < 4.78 is 1.63. The zero-order chi connectivity index (χ0) is 19.0. The van der Waals surface area contributed by atoms with Crippen LogP contribution in [0, 0.1) is 0 Å². The van der Waals surface area contributed by atoms with E-state index in [1.807, 2.05) is 17.3 Å². The Labute approximate surface area is 158 Å². The molecule has 7 nitrogen and oxygen atoms in total. The third-order valence-electron chi connectivity index (χ3n) is 5.32. The number of hydrogen-bond acceptors (Lipinski definition) is 5. The first-order valence-electron chi connectivity index (χ1n) is 9.19. The van der Waals surface area contributed by atoms with E-state index in [0.29, 0.717) is 18.8 Å². The minimum absolute atomic E-state index is 0.00437. The van der Waals surface area contributed by atoms with E-state index in [2.05, 4.69) is 46.2 Å². The molecule has 7 heteroatoms. The van der Waals surface area contributed by atoms with Gasteiger partial charge in [-0.1, -0.05) is 12.1 Å². The van der Waals surface area contributed by atoms with E-state index in [4.69, 9.17) is 5.73 Å². The molecule has 4 rings (SSSR count).